The Morgan fingerprint density at radius 1 is 0.920 bits per heavy atom. The average Bonchev–Trinajstić information content (AvgIpc) is 3.72. The fourth-order valence-corrected chi connectivity index (χ4v) is 8.55. The fourth-order valence-electron chi connectivity index (χ4n) is 6.21. The van der Waals surface area contributed by atoms with Gasteiger partial charge < -0.3 is 32.7 Å². The third-order valence-electron chi connectivity index (χ3n) is 11.2. The van der Waals surface area contributed by atoms with Crippen LogP contribution in [0.3, 0.4) is 0 Å². The molecule has 2 aromatic carbocycles. The summed E-state index contributed by atoms with van der Waals surface area (Å²) in [6.07, 6.45) is -0.868. The van der Waals surface area contributed by atoms with Gasteiger partial charge in [0.25, 0.3) is 6.01 Å². The Bertz CT molecular complexity index is 1670. The standard InChI is InChI=1S/C37H56BClN2O7Si2/c1-35(2,3)50(11,12)46-31-22-44-32-30(21-43-33(31)32)45-34-40-28-19-26(27(39)20-29(28)41(34)23-42-17-18-49(8,9)10)24-13-15-25(16-14-24)38-47-36(4,5)37(6,7)48-38/h13-16,19-20,30-33H,17-18,21-23H2,1-12H3/t30-,31-,32-,33-/m1/s1. The van der Waals surface area contributed by atoms with Crippen molar-refractivity contribution in [3.8, 4) is 17.1 Å². The van der Waals surface area contributed by atoms with Gasteiger partial charge in [0.1, 0.15) is 18.9 Å². The largest absolute Gasteiger partial charge is 0.494 e. The first-order chi connectivity index (χ1) is 23.2. The number of aromatic nitrogens is 2. The maximum atomic E-state index is 7.01. The van der Waals surface area contributed by atoms with Crippen LogP contribution in [-0.2, 0) is 34.7 Å². The maximum Gasteiger partial charge on any atom is 0.494 e. The smallest absolute Gasteiger partial charge is 0.456 e. The van der Waals surface area contributed by atoms with Crippen LogP contribution in [-0.4, -0.2) is 88.5 Å². The number of ether oxygens (including phenoxy) is 4. The van der Waals surface area contributed by atoms with Gasteiger partial charge in [-0.1, -0.05) is 76.3 Å². The summed E-state index contributed by atoms with van der Waals surface area (Å²) in [7, 11) is -3.70. The molecule has 0 amide bonds. The fraction of sp³-hybridized carbons (Fsp3) is 0.649. The second-order valence-electron chi connectivity index (χ2n) is 17.9. The lowest BCUT2D eigenvalue weighted by molar-refractivity contribution is 0.00578. The van der Waals surface area contributed by atoms with E-state index >= 15 is 0 Å². The molecular formula is C37H56BClN2O7Si2. The molecule has 0 aliphatic carbocycles. The molecular weight excluding hydrogens is 687 g/mol. The van der Waals surface area contributed by atoms with Crippen LogP contribution in [0.1, 0.15) is 48.5 Å². The molecule has 13 heteroatoms. The third-order valence-corrected chi connectivity index (χ3v) is 17.8. The molecule has 4 heterocycles. The summed E-state index contributed by atoms with van der Waals surface area (Å²) in [5.41, 5.74) is 3.62. The Balaban J connectivity index is 1.25. The van der Waals surface area contributed by atoms with E-state index in [9.17, 15) is 0 Å². The van der Waals surface area contributed by atoms with Crippen molar-refractivity contribution >= 4 is 51.6 Å². The third kappa shape index (κ3) is 7.65. The minimum absolute atomic E-state index is 0.0925. The molecule has 9 nitrogen and oxygen atoms in total. The Labute approximate surface area is 305 Å². The van der Waals surface area contributed by atoms with E-state index in [2.05, 4.69) is 93.3 Å². The van der Waals surface area contributed by atoms with E-state index < -0.39 is 34.7 Å². The number of imidazole rings is 1. The van der Waals surface area contributed by atoms with E-state index in [1.165, 1.54) is 0 Å². The zero-order chi connectivity index (χ0) is 36.4. The van der Waals surface area contributed by atoms with E-state index in [-0.39, 0.29) is 29.5 Å². The number of hydrogen-bond acceptors (Lipinski definition) is 8. The van der Waals surface area contributed by atoms with Gasteiger partial charge >= 0.3 is 7.12 Å². The summed E-state index contributed by atoms with van der Waals surface area (Å²) in [6.45, 7) is 28.4. The van der Waals surface area contributed by atoms with E-state index in [1.807, 2.05) is 28.8 Å². The van der Waals surface area contributed by atoms with Crippen molar-refractivity contribution in [2.75, 3.05) is 19.8 Å². The Hall–Kier alpha value is -1.74. The quantitative estimate of drug-likeness (QED) is 0.145. The second-order valence-corrected chi connectivity index (χ2v) is 28.7. The molecule has 274 valence electrons. The topological polar surface area (TPSA) is 82.4 Å². The van der Waals surface area contributed by atoms with Gasteiger partial charge in [0.05, 0.1) is 46.6 Å². The van der Waals surface area contributed by atoms with Gasteiger partial charge in [-0.25, -0.2) is 0 Å². The number of fused-ring (bicyclic) bond motifs is 2. The minimum atomic E-state index is -2.01. The Morgan fingerprint density at radius 3 is 2.12 bits per heavy atom. The minimum Gasteiger partial charge on any atom is -0.456 e. The zero-order valence-electron chi connectivity index (χ0n) is 32.0. The van der Waals surface area contributed by atoms with Gasteiger partial charge in [-0.3, -0.25) is 4.57 Å². The SMILES string of the molecule is CC1(C)OB(c2ccc(-c3cc4nc(O[C@@H]5CO[C@H]6[C@@H]5OC[C@H]6O[Si](C)(C)C(C)(C)C)n(COCC[Si](C)(C)C)c4cc3Cl)cc2)OC1(C)C. The van der Waals surface area contributed by atoms with Gasteiger partial charge in [0, 0.05) is 20.2 Å². The molecule has 0 saturated carbocycles. The van der Waals surface area contributed by atoms with Crippen LogP contribution in [0.15, 0.2) is 36.4 Å². The highest BCUT2D eigenvalue weighted by molar-refractivity contribution is 6.76. The molecule has 3 aliphatic heterocycles. The van der Waals surface area contributed by atoms with E-state index in [4.69, 9.17) is 49.3 Å². The summed E-state index contributed by atoms with van der Waals surface area (Å²) >= 11 is 7.01. The van der Waals surface area contributed by atoms with Crippen molar-refractivity contribution in [1.82, 2.24) is 9.55 Å². The molecule has 0 bridgehead atoms. The normalized spacial score (nSPS) is 25.1. The van der Waals surface area contributed by atoms with Gasteiger partial charge in [-0.15, -0.1) is 0 Å². The highest BCUT2D eigenvalue weighted by Crippen LogP contribution is 2.41. The number of nitrogens with zero attached hydrogens (tertiary/aromatic N) is 2. The number of benzene rings is 2. The van der Waals surface area contributed by atoms with Crippen LogP contribution >= 0.6 is 11.6 Å². The predicted molar refractivity (Wildman–Crippen MR) is 206 cm³/mol. The van der Waals surface area contributed by atoms with E-state index in [0.29, 0.717) is 37.6 Å². The predicted octanol–water partition coefficient (Wildman–Crippen LogP) is 7.90. The zero-order valence-corrected chi connectivity index (χ0v) is 34.8. The highest BCUT2D eigenvalue weighted by atomic mass is 35.5. The first-order valence-corrected chi connectivity index (χ1v) is 25.0. The molecule has 50 heavy (non-hydrogen) atoms. The van der Waals surface area contributed by atoms with Crippen molar-refractivity contribution in [3.05, 3.63) is 41.4 Å². The van der Waals surface area contributed by atoms with Crippen LogP contribution < -0.4 is 10.2 Å². The van der Waals surface area contributed by atoms with Crippen LogP contribution in [0.5, 0.6) is 6.01 Å². The number of hydrogen-bond donors (Lipinski definition) is 0. The summed E-state index contributed by atoms with van der Waals surface area (Å²) in [6, 6.07) is 13.7. The van der Waals surface area contributed by atoms with Crippen molar-refractivity contribution in [2.24, 2.45) is 0 Å². The van der Waals surface area contributed by atoms with Crippen LogP contribution in [0.25, 0.3) is 22.2 Å². The maximum absolute atomic E-state index is 7.01. The molecule has 3 fully saturated rings. The molecule has 0 spiro atoms. The first kappa shape index (κ1) is 38.0. The lowest BCUT2D eigenvalue weighted by Crippen LogP contribution is -2.47. The average molecular weight is 743 g/mol. The van der Waals surface area contributed by atoms with Crippen LogP contribution in [0, 0.1) is 0 Å². The second kappa shape index (κ2) is 13.6. The van der Waals surface area contributed by atoms with Gasteiger partial charge in [-0.2, -0.15) is 4.98 Å². The van der Waals surface area contributed by atoms with Crippen LogP contribution in [0.2, 0.25) is 48.8 Å². The molecule has 1 aromatic heterocycles. The monoisotopic (exact) mass is 742 g/mol. The summed E-state index contributed by atoms with van der Waals surface area (Å²) in [4.78, 5) is 5.00. The molecule has 0 radical (unpaired) electrons. The van der Waals surface area contributed by atoms with Crippen molar-refractivity contribution < 1.29 is 32.7 Å². The molecule has 0 unspecified atom stereocenters. The molecule has 6 rings (SSSR count). The lowest BCUT2D eigenvalue weighted by atomic mass is 9.78. The van der Waals surface area contributed by atoms with Crippen molar-refractivity contribution in [3.63, 3.8) is 0 Å². The van der Waals surface area contributed by atoms with Crippen molar-refractivity contribution in [1.29, 1.82) is 0 Å². The van der Waals surface area contributed by atoms with E-state index in [1.54, 1.807) is 0 Å². The first-order valence-electron chi connectivity index (χ1n) is 18.0. The Kier molecular flexibility index (Phi) is 10.3. The molecule has 3 aromatic rings. The number of halogens is 1. The Morgan fingerprint density at radius 2 is 1.52 bits per heavy atom. The van der Waals surface area contributed by atoms with Crippen molar-refractivity contribution in [2.45, 2.75) is 135 Å². The van der Waals surface area contributed by atoms with Gasteiger partial charge in [0.15, 0.2) is 14.4 Å². The van der Waals surface area contributed by atoms with Gasteiger partial charge in [0.2, 0.25) is 0 Å². The summed E-state index contributed by atoms with van der Waals surface area (Å²) in [5, 5.41) is 0.708. The van der Waals surface area contributed by atoms with Gasteiger partial charge in [-0.05, 0) is 75.0 Å². The number of rotatable bonds is 11. The highest BCUT2D eigenvalue weighted by Gasteiger charge is 2.53. The summed E-state index contributed by atoms with van der Waals surface area (Å²) in [5.74, 6) is 0. The molecule has 4 atom stereocenters. The molecule has 3 aliphatic rings. The van der Waals surface area contributed by atoms with E-state index in [0.717, 1.165) is 33.7 Å². The lowest BCUT2D eigenvalue weighted by Gasteiger charge is -2.39. The summed E-state index contributed by atoms with van der Waals surface area (Å²) < 4.78 is 46.7. The molecule has 0 N–H and O–H groups in total. The molecule has 3 saturated heterocycles. The van der Waals surface area contributed by atoms with Crippen LogP contribution in [0.4, 0.5) is 0 Å².